The SMILES string of the molecule is CCOC(=O)/C(C)=C/[C@H](C(C)C)N(C)C(=O)C(NC(=O)N(C)NC(C)(C)C)C(C)(C)C. The molecule has 0 radical (unpaired) electrons. The molecule has 0 spiro atoms. The molecule has 31 heavy (non-hydrogen) atoms. The maximum Gasteiger partial charge on any atom is 0.333 e. The number of ether oxygens (including phenoxy) is 1. The molecule has 0 saturated carbocycles. The molecule has 0 rings (SSSR count). The second-order valence-electron chi connectivity index (χ2n) is 10.4. The third-order valence-corrected chi connectivity index (χ3v) is 4.68. The lowest BCUT2D eigenvalue weighted by atomic mass is 9.85. The number of hydrogen-bond acceptors (Lipinski definition) is 5. The largest absolute Gasteiger partial charge is 0.463 e. The molecule has 0 saturated heterocycles. The molecule has 0 bridgehead atoms. The Morgan fingerprint density at radius 1 is 1.03 bits per heavy atom. The van der Waals surface area contributed by atoms with Gasteiger partial charge in [-0.15, -0.1) is 0 Å². The maximum absolute atomic E-state index is 13.5. The Morgan fingerprint density at radius 3 is 1.94 bits per heavy atom. The van der Waals surface area contributed by atoms with Crippen molar-refractivity contribution in [3.05, 3.63) is 11.6 Å². The second kappa shape index (κ2) is 11.5. The van der Waals surface area contributed by atoms with Gasteiger partial charge in [0.25, 0.3) is 0 Å². The summed E-state index contributed by atoms with van der Waals surface area (Å²) in [7, 11) is 3.32. The topological polar surface area (TPSA) is 91.0 Å². The van der Waals surface area contributed by atoms with Crippen molar-refractivity contribution in [1.29, 1.82) is 0 Å². The smallest absolute Gasteiger partial charge is 0.333 e. The highest BCUT2D eigenvalue weighted by molar-refractivity contribution is 5.89. The van der Waals surface area contributed by atoms with Gasteiger partial charge in [0.15, 0.2) is 0 Å². The van der Waals surface area contributed by atoms with Crippen LogP contribution in [0.2, 0.25) is 0 Å². The van der Waals surface area contributed by atoms with Gasteiger partial charge in [0.2, 0.25) is 5.91 Å². The zero-order chi connectivity index (χ0) is 24.7. The summed E-state index contributed by atoms with van der Waals surface area (Å²) in [5, 5.41) is 4.23. The Labute approximate surface area is 188 Å². The van der Waals surface area contributed by atoms with Crippen molar-refractivity contribution in [2.45, 2.75) is 86.9 Å². The van der Waals surface area contributed by atoms with Crippen LogP contribution in [0.4, 0.5) is 4.79 Å². The van der Waals surface area contributed by atoms with Crippen LogP contribution in [0.25, 0.3) is 0 Å². The van der Waals surface area contributed by atoms with Gasteiger partial charge in [0.1, 0.15) is 6.04 Å². The van der Waals surface area contributed by atoms with Crippen LogP contribution in [0.5, 0.6) is 0 Å². The number of carbonyl (C=O) groups excluding carboxylic acids is 3. The van der Waals surface area contributed by atoms with Crippen molar-refractivity contribution >= 4 is 17.9 Å². The Bertz CT molecular complexity index is 659. The molecular formula is C23H44N4O4. The summed E-state index contributed by atoms with van der Waals surface area (Å²) in [6.07, 6.45) is 1.76. The van der Waals surface area contributed by atoms with E-state index in [9.17, 15) is 14.4 Å². The number of hydrazine groups is 1. The summed E-state index contributed by atoms with van der Waals surface area (Å²) in [6.45, 7) is 19.3. The Kier molecular flexibility index (Phi) is 10.7. The average Bonchev–Trinajstić information content (AvgIpc) is 2.59. The molecule has 3 amide bonds. The molecule has 2 atom stereocenters. The summed E-state index contributed by atoms with van der Waals surface area (Å²) >= 11 is 0. The molecule has 1 unspecified atom stereocenters. The number of rotatable bonds is 8. The third kappa shape index (κ3) is 9.72. The van der Waals surface area contributed by atoms with Crippen LogP contribution in [0.15, 0.2) is 11.6 Å². The van der Waals surface area contributed by atoms with Crippen molar-refractivity contribution in [1.82, 2.24) is 20.7 Å². The number of urea groups is 1. The zero-order valence-electron chi connectivity index (χ0n) is 21.5. The van der Waals surface area contributed by atoms with Gasteiger partial charge in [-0.05, 0) is 46.0 Å². The fraction of sp³-hybridized carbons (Fsp3) is 0.783. The minimum absolute atomic E-state index is 0.0554. The van der Waals surface area contributed by atoms with Crippen molar-refractivity contribution in [2.75, 3.05) is 20.7 Å². The van der Waals surface area contributed by atoms with Crippen LogP contribution in [-0.2, 0) is 14.3 Å². The van der Waals surface area contributed by atoms with Crippen molar-refractivity contribution in [2.24, 2.45) is 11.3 Å². The van der Waals surface area contributed by atoms with Gasteiger partial charge in [-0.2, -0.15) is 0 Å². The summed E-state index contributed by atoms with van der Waals surface area (Å²) in [5.41, 5.74) is 2.69. The van der Waals surface area contributed by atoms with Crippen LogP contribution < -0.4 is 10.7 Å². The molecular weight excluding hydrogens is 396 g/mol. The molecule has 0 aromatic carbocycles. The summed E-state index contributed by atoms with van der Waals surface area (Å²) in [4.78, 5) is 39.9. The van der Waals surface area contributed by atoms with Crippen LogP contribution in [-0.4, -0.2) is 66.1 Å². The minimum atomic E-state index is -0.758. The Balaban J connectivity index is 5.76. The van der Waals surface area contributed by atoms with Gasteiger partial charge in [-0.3, -0.25) is 9.80 Å². The van der Waals surface area contributed by atoms with Gasteiger partial charge >= 0.3 is 12.0 Å². The number of amides is 3. The van der Waals surface area contributed by atoms with E-state index in [0.29, 0.717) is 12.2 Å². The second-order valence-corrected chi connectivity index (χ2v) is 10.4. The zero-order valence-corrected chi connectivity index (χ0v) is 21.5. The first-order valence-corrected chi connectivity index (χ1v) is 10.9. The van der Waals surface area contributed by atoms with E-state index in [0.717, 1.165) is 0 Å². The number of nitrogens with one attached hydrogen (secondary N) is 2. The molecule has 180 valence electrons. The van der Waals surface area contributed by atoms with Crippen LogP contribution in [0, 0.1) is 11.3 Å². The number of esters is 1. The van der Waals surface area contributed by atoms with E-state index in [1.165, 1.54) is 5.01 Å². The normalized spacial score (nSPS) is 14.7. The molecule has 0 fully saturated rings. The van der Waals surface area contributed by atoms with E-state index in [1.807, 2.05) is 55.4 Å². The Morgan fingerprint density at radius 2 is 1.55 bits per heavy atom. The molecule has 8 nitrogen and oxygen atoms in total. The Hall–Kier alpha value is -2.09. The average molecular weight is 441 g/mol. The first-order chi connectivity index (χ1) is 13.9. The van der Waals surface area contributed by atoms with Crippen LogP contribution in [0.3, 0.4) is 0 Å². The van der Waals surface area contributed by atoms with E-state index < -0.39 is 23.5 Å². The van der Waals surface area contributed by atoms with Crippen molar-refractivity contribution in [3.8, 4) is 0 Å². The number of nitrogens with zero attached hydrogens (tertiary/aromatic N) is 2. The summed E-state index contributed by atoms with van der Waals surface area (Å²) in [6, 6.07) is -1.48. The lowest BCUT2D eigenvalue weighted by molar-refractivity contribution is -0.139. The highest BCUT2D eigenvalue weighted by Crippen LogP contribution is 2.24. The summed E-state index contributed by atoms with van der Waals surface area (Å²) < 4.78 is 5.06. The highest BCUT2D eigenvalue weighted by atomic mass is 16.5. The monoisotopic (exact) mass is 440 g/mol. The molecule has 0 aliphatic heterocycles. The lowest BCUT2D eigenvalue weighted by Crippen LogP contribution is -2.61. The molecule has 0 heterocycles. The van der Waals surface area contributed by atoms with Gasteiger partial charge in [0.05, 0.1) is 12.6 Å². The van der Waals surface area contributed by atoms with Crippen molar-refractivity contribution < 1.29 is 19.1 Å². The van der Waals surface area contributed by atoms with Crippen LogP contribution in [0.1, 0.15) is 69.2 Å². The van der Waals surface area contributed by atoms with Gasteiger partial charge in [-0.1, -0.05) is 40.7 Å². The first-order valence-electron chi connectivity index (χ1n) is 10.9. The number of carbonyl (C=O) groups is 3. The highest BCUT2D eigenvalue weighted by Gasteiger charge is 2.37. The minimum Gasteiger partial charge on any atom is -0.463 e. The number of hydrogen-bond donors (Lipinski definition) is 2. The lowest BCUT2D eigenvalue weighted by Gasteiger charge is -2.38. The number of likely N-dealkylation sites (N-methyl/N-ethyl adjacent to an activating group) is 1. The van der Waals surface area contributed by atoms with E-state index in [2.05, 4.69) is 10.7 Å². The first kappa shape index (κ1) is 28.9. The van der Waals surface area contributed by atoms with E-state index >= 15 is 0 Å². The fourth-order valence-electron chi connectivity index (χ4n) is 3.09. The molecule has 0 aliphatic rings. The quantitative estimate of drug-likeness (QED) is 0.343. The van der Waals surface area contributed by atoms with Gasteiger partial charge in [0, 0.05) is 25.2 Å². The van der Waals surface area contributed by atoms with Crippen LogP contribution >= 0.6 is 0 Å². The van der Waals surface area contributed by atoms with E-state index in [-0.39, 0.29) is 23.4 Å². The third-order valence-electron chi connectivity index (χ3n) is 4.68. The predicted molar refractivity (Wildman–Crippen MR) is 124 cm³/mol. The van der Waals surface area contributed by atoms with Gasteiger partial charge in [-0.25, -0.2) is 15.0 Å². The predicted octanol–water partition coefficient (Wildman–Crippen LogP) is 3.34. The standard InChI is InChI=1S/C23H44N4O4/c1-13-31-20(29)16(4)14-17(15(2)3)26(11)19(28)18(22(5,6)7)24-21(30)27(12)25-23(8,9)10/h14-15,17-18,25H,13H2,1-12H3,(H,24,30)/b16-14+/t17-,18?/m1/s1. The van der Waals surface area contributed by atoms with Crippen molar-refractivity contribution in [3.63, 3.8) is 0 Å². The fourth-order valence-corrected chi connectivity index (χ4v) is 3.09. The van der Waals surface area contributed by atoms with Gasteiger partial charge < -0.3 is 15.0 Å². The molecule has 0 aliphatic carbocycles. The molecule has 0 aromatic heterocycles. The maximum atomic E-state index is 13.5. The van der Waals surface area contributed by atoms with E-state index in [4.69, 9.17) is 4.74 Å². The molecule has 8 heteroatoms. The summed E-state index contributed by atoms with van der Waals surface area (Å²) in [5.74, 6) is -0.568. The van der Waals surface area contributed by atoms with E-state index in [1.54, 1.807) is 38.9 Å². The molecule has 0 aromatic rings. The molecule has 2 N–H and O–H groups in total.